The number of nitrogens with zero attached hydrogens (tertiary/aromatic N) is 1. The van der Waals surface area contributed by atoms with Gasteiger partial charge in [0.15, 0.2) is 0 Å². The summed E-state index contributed by atoms with van der Waals surface area (Å²) in [5.74, 6) is 1.77. The maximum absolute atomic E-state index is 6.02. The molecule has 1 aliphatic heterocycles. The summed E-state index contributed by atoms with van der Waals surface area (Å²) in [6, 6.07) is 0. The van der Waals surface area contributed by atoms with E-state index >= 15 is 0 Å². The second kappa shape index (κ2) is 4.42. The molecular weight excluding hydrogens is 184 g/mol. The quantitative estimate of drug-likeness (QED) is 0.774. The molecule has 2 fully saturated rings. The third-order valence-corrected chi connectivity index (χ3v) is 4.63. The molecule has 1 saturated carbocycles. The Morgan fingerprint density at radius 3 is 2.27 bits per heavy atom. The fourth-order valence-corrected chi connectivity index (χ4v) is 3.31. The smallest absolute Gasteiger partial charge is 0.0337 e. The van der Waals surface area contributed by atoms with Gasteiger partial charge in [-0.05, 0) is 50.6 Å². The van der Waals surface area contributed by atoms with E-state index < -0.39 is 0 Å². The predicted octanol–water partition coefficient (Wildman–Crippen LogP) is 2.24. The molecule has 0 bridgehead atoms. The molecule has 2 aliphatic rings. The zero-order chi connectivity index (χ0) is 10.9. The summed E-state index contributed by atoms with van der Waals surface area (Å²) in [6.07, 6.45) is 6.88. The molecule has 1 heterocycles. The molecule has 0 atom stereocenters. The molecule has 1 aliphatic carbocycles. The highest BCUT2D eigenvalue weighted by Crippen LogP contribution is 2.46. The average molecular weight is 210 g/mol. The van der Waals surface area contributed by atoms with Crippen molar-refractivity contribution in [3.05, 3.63) is 0 Å². The van der Waals surface area contributed by atoms with E-state index in [9.17, 15) is 0 Å². The van der Waals surface area contributed by atoms with Gasteiger partial charge in [0.25, 0.3) is 0 Å². The molecule has 0 spiro atoms. The van der Waals surface area contributed by atoms with Crippen molar-refractivity contribution >= 4 is 0 Å². The first-order chi connectivity index (χ1) is 7.18. The van der Waals surface area contributed by atoms with Crippen molar-refractivity contribution in [3.8, 4) is 0 Å². The van der Waals surface area contributed by atoms with Crippen molar-refractivity contribution in [1.82, 2.24) is 4.90 Å². The van der Waals surface area contributed by atoms with Crippen LogP contribution in [0.15, 0.2) is 0 Å². The number of rotatable bonds is 3. The van der Waals surface area contributed by atoms with Crippen LogP contribution in [0, 0.1) is 11.8 Å². The van der Waals surface area contributed by atoms with Crippen molar-refractivity contribution in [2.45, 2.75) is 51.5 Å². The van der Waals surface area contributed by atoms with Crippen LogP contribution in [0.4, 0.5) is 0 Å². The molecule has 88 valence electrons. The summed E-state index contributed by atoms with van der Waals surface area (Å²) < 4.78 is 0. The molecule has 2 rings (SSSR count). The highest BCUT2D eigenvalue weighted by molar-refractivity contribution is 5.04. The standard InChI is InChI=1S/C13H26N2/c1-11(2)12-8-13(9-12,10-14)15-6-4-3-5-7-15/h11-12H,3-10,14H2,1-2H3. The molecule has 0 unspecified atom stereocenters. The van der Waals surface area contributed by atoms with Gasteiger partial charge in [0, 0.05) is 12.1 Å². The van der Waals surface area contributed by atoms with Crippen LogP contribution in [0.3, 0.4) is 0 Å². The molecule has 2 N–H and O–H groups in total. The highest BCUT2D eigenvalue weighted by atomic mass is 15.2. The lowest BCUT2D eigenvalue weighted by Crippen LogP contribution is -2.63. The van der Waals surface area contributed by atoms with E-state index in [1.807, 2.05) is 0 Å². The van der Waals surface area contributed by atoms with Crippen molar-refractivity contribution < 1.29 is 0 Å². The summed E-state index contributed by atoms with van der Waals surface area (Å²) in [5.41, 5.74) is 6.42. The van der Waals surface area contributed by atoms with Crippen LogP contribution in [-0.2, 0) is 0 Å². The minimum Gasteiger partial charge on any atom is -0.329 e. The van der Waals surface area contributed by atoms with Crippen molar-refractivity contribution in [1.29, 1.82) is 0 Å². The fraction of sp³-hybridized carbons (Fsp3) is 1.00. The molecule has 0 aromatic heterocycles. The summed E-state index contributed by atoms with van der Waals surface area (Å²) in [4.78, 5) is 2.69. The second-order valence-corrected chi connectivity index (χ2v) is 5.89. The molecular formula is C13H26N2. The van der Waals surface area contributed by atoms with E-state index in [4.69, 9.17) is 5.73 Å². The number of hydrogen-bond acceptors (Lipinski definition) is 2. The van der Waals surface area contributed by atoms with Crippen molar-refractivity contribution in [3.63, 3.8) is 0 Å². The van der Waals surface area contributed by atoms with E-state index in [0.717, 1.165) is 18.4 Å². The van der Waals surface area contributed by atoms with Crippen LogP contribution in [0.2, 0.25) is 0 Å². The first-order valence-electron chi connectivity index (χ1n) is 6.63. The molecule has 0 aromatic rings. The zero-order valence-electron chi connectivity index (χ0n) is 10.3. The van der Waals surface area contributed by atoms with Gasteiger partial charge < -0.3 is 5.73 Å². The monoisotopic (exact) mass is 210 g/mol. The molecule has 1 saturated heterocycles. The Balaban J connectivity index is 1.93. The van der Waals surface area contributed by atoms with Crippen molar-refractivity contribution in [2.24, 2.45) is 17.6 Å². The molecule has 0 radical (unpaired) electrons. The summed E-state index contributed by atoms with van der Waals surface area (Å²) in [6.45, 7) is 8.16. The Morgan fingerprint density at radius 1 is 1.20 bits per heavy atom. The van der Waals surface area contributed by atoms with Crippen LogP contribution >= 0.6 is 0 Å². The minimum atomic E-state index is 0.398. The van der Waals surface area contributed by atoms with Gasteiger partial charge in [-0.3, -0.25) is 4.90 Å². The van der Waals surface area contributed by atoms with Gasteiger partial charge in [0.05, 0.1) is 0 Å². The molecule has 0 amide bonds. The van der Waals surface area contributed by atoms with Crippen molar-refractivity contribution in [2.75, 3.05) is 19.6 Å². The van der Waals surface area contributed by atoms with Gasteiger partial charge in [-0.1, -0.05) is 20.3 Å². The predicted molar refractivity (Wildman–Crippen MR) is 64.8 cm³/mol. The third-order valence-electron chi connectivity index (χ3n) is 4.63. The Labute approximate surface area is 94.2 Å². The van der Waals surface area contributed by atoms with Crippen LogP contribution in [0.5, 0.6) is 0 Å². The van der Waals surface area contributed by atoms with Crippen LogP contribution in [-0.4, -0.2) is 30.1 Å². The van der Waals surface area contributed by atoms with E-state index in [2.05, 4.69) is 18.7 Å². The summed E-state index contributed by atoms with van der Waals surface area (Å²) in [7, 11) is 0. The van der Waals surface area contributed by atoms with Crippen LogP contribution < -0.4 is 5.73 Å². The lowest BCUT2D eigenvalue weighted by Gasteiger charge is -2.56. The van der Waals surface area contributed by atoms with E-state index in [1.165, 1.54) is 45.2 Å². The number of piperidine rings is 1. The zero-order valence-corrected chi connectivity index (χ0v) is 10.3. The topological polar surface area (TPSA) is 29.3 Å². The third kappa shape index (κ3) is 2.07. The Bertz CT molecular complexity index is 201. The minimum absolute atomic E-state index is 0.398. The summed E-state index contributed by atoms with van der Waals surface area (Å²) >= 11 is 0. The first-order valence-corrected chi connectivity index (χ1v) is 6.63. The Kier molecular flexibility index (Phi) is 3.36. The lowest BCUT2D eigenvalue weighted by atomic mass is 9.63. The normalized spacial score (nSPS) is 38.0. The molecule has 2 nitrogen and oxygen atoms in total. The molecule has 2 heteroatoms. The number of hydrogen-bond donors (Lipinski definition) is 1. The van der Waals surface area contributed by atoms with E-state index in [0.29, 0.717) is 5.54 Å². The average Bonchev–Trinajstić information content (AvgIpc) is 2.18. The van der Waals surface area contributed by atoms with Crippen LogP contribution in [0.25, 0.3) is 0 Å². The van der Waals surface area contributed by atoms with Gasteiger partial charge in [-0.25, -0.2) is 0 Å². The highest BCUT2D eigenvalue weighted by Gasteiger charge is 2.48. The van der Waals surface area contributed by atoms with Crippen LogP contribution in [0.1, 0.15) is 46.0 Å². The van der Waals surface area contributed by atoms with E-state index in [1.54, 1.807) is 0 Å². The van der Waals surface area contributed by atoms with Gasteiger partial charge in [0.1, 0.15) is 0 Å². The molecule has 15 heavy (non-hydrogen) atoms. The number of likely N-dealkylation sites (tertiary alicyclic amines) is 1. The van der Waals surface area contributed by atoms with Gasteiger partial charge in [-0.15, -0.1) is 0 Å². The Morgan fingerprint density at radius 2 is 1.80 bits per heavy atom. The number of nitrogens with two attached hydrogens (primary N) is 1. The maximum atomic E-state index is 6.02. The summed E-state index contributed by atoms with van der Waals surface area (Å²) in [5, 5.41) is 0. The lowest BCUT2D eigenvalue weighted by molar-refractivity contribution is -0.0443. The van der Waals surface area contributed by atoms with E-state index in [-0.39, 0.29) is 0 Å². The maximum Gasteiger partial charge on any atom is 0.0337 e. The Hall–Kier alpha value is -0.0800. The van der Waals surface area contributed by atoms with Gasteiger partial charge >= 0.3 is 0 Å². The molecule has 0 aromatic carbocycles. The SMILES string of the molecule is CC(C)C1CC(CN)(N2CCCCC2)C1. The van der Waals surface area contributed by atoms with Gasteiger partial charge in [-0.2, -0.15) is 0 Å². The fourth-order valence-electron chi connectivity index (χ4n) is 3.31. The van der Waals surface area contributed by atoms with Gasteiger partial charge in [0.2, 0.25) is 0 Å². The first kappa shape index (κ1) is 11.4. The second-order valence-electron chi connectivity index (χ2n) is 5.89. The largest absolute Gasteiger partial charge is 0.329 e.